The van der Waals surface area contributed by atoms with Crippen LogP contribution in [0.2, 0.25) is 5.02 Å². The van der Waals surface area contributed by atoms with Crippen LogP contribution < -0.4 is 10.3 Å². The van der Waals surface area contributed by atoms with Crippen LogP contribution in [-0.2, 0) is 6.54 Å². The molecule has 4 rings (SSSR count). The number of aromatic nitrogens is 4. The summed E-state index contributed by atoms with van der Waals surface area (Å²) in [4.78, 5) is 27.8. The van der Waals surface area contributed by atoms with Gasteiger partial charge >= 0.3 is 0 Å². The number of benzene rings is 1. The van der Waals surface area contributed by atoms with Crippen molar-refractivity contribution in [2.75, 3.05) is 0 Å². The Morgan fingerprint density at radius 2 is 1.90 bits per heavy atom. The lowest BCUT2D eigenvalue weighted by molar-refractivity contribution is -0.605. The normalized spacial score (nSPS) is 10.9. The van der Waals surface area contributed by atoms with E-state index in [1.807, 2.05) is 0 Å². The highest BCUT2D eigenvalue weighted by Gasteiger charge is 2.21. The Bertz CT molecular complexity index is 1300. The van der Waals surface area contributed by atoms with Crippen molar-refractivity contribution in [3.8, 4) is 11.3 Å². The minimum absolute atomic E-state index is 0.0886. The number of hydrogen-bond acceptors (Lipinski definition) is 6. The second-order valence-electron chi connectivity index (χ2n) is 6.17. The number of fused-ring (bicyclic) bond motifs is 1. The molecule has 1 aromatic carbocycles. The molecule has 0 saturated heterocycles. The molecule has 10 heteroatoms. The summed E-state index contributed by atoms with van der Waals surface area (Å²) in [6.07, 6.45) is 4.15. The van der Waals surface area contributed by atoms with Crippen molar-refractivity contribution in [2.24, 2.45) is 0 Å². The van der Waals surface area contributed by atoms with E-state index in [1.165, 1.54) is 35.4 Å². The Balaban J connectivity index is 1.96. The molecule has 9 nitrogen and oxygen atoms in total. The minimum atomic E-state index is -0.584. The fourth-order valence-electron chi connectivity index (χ4n) is 2.97. The maximum Gasteiger partial charge on any atom is 0.288 e. The van der Waals surface area contributed by atoms with Crippen LogP contribution in [0.3, 0.4) is 0 Å². The Labute approximate surface area is 168 Å². The third kappa shape index (κ3) is 3.39. The Morgan fingerprint density at radius 1 is 1.14 bits per heavy atom. The summed E-state index contributed by atoms with van der Waals surface area (Å²) >= 11 is 6.27. The first-order chi connectivity index (χ1) is 14.0. The van der Waals surface area contributed by atoms with Gasteiger partial charge in [-0.05, 0) is 17.7 Å². The van der Waals surface area contributed by atoms with Crippen LogP contribution in [0.15, 0.2) is 65.8 Å². The molecular formula is C19H12ClN5O4. The molecule has 4 aromatic rings. The van der Waals surface area contributed by atoms with Gasteiger partial charge in [-0.1, -0.05) is 23.7 Å². The quantitative estimate of drug-likeness (QED) is 0.221. The van der Waals surface area contributed by atoms with Gasteiger partial charge in [0.2, 0.25) is 0 Å². The van der Waals surface area contributed by atoms with E-state index >= 15 is 0 Å². The Hall–Kier alpha value is -3.85. The standard InChI is InChI=1S/C19H12ClN5O4/c20-16-13(3-1-5-15(16)25(28)29)18-17-14(4-2-8-21-17)19(26)24(22-18)11-12-6-9-23(27)10-7-12/h1-10H,11H2. The maximum atomic E-state index is 12.9. The Kier molecular flexibility index (Phi) is 4.65. The lowest BCUT2D eigenvalue weighted by Crippen LogP contribution is -2.27. The minimum Gasteiger partial charge on any atom is -0.619 e. The molecule has 0 aliphatic rings. The molecule has 0 N–H and O–H groups in total. The van der Waals surface area contributed by atoms with Crippen LogP contribution >= 0.6 is 11.6 Å². The zero-order valence-corrected chi connectivity index (χ0v) is 15.5. The summed E-state index contributed by atoms with van der Waals surface area (Å²) < 4.78 is 1.86. The third-order valence-corrected chi connectivity index (χ3v) is 4.75. The number of nitro benzene ring substituents is 1. The monoisotopic (exact) mass is 409 g/mol. The third-order valence-electron chi connectivity index (χ3n) is 4.35. The molecule has 0 spiro atoms. The number of nitrogens with zero attached hydrogens (tertiary/aromatic N) is 5. The molecule has 3 aromatic heterocycles. The van der Waals surface area contributed by atoms with Crippen molar-refractivity contribution in [1.29, 1.82) is 0 Å². The highest BCUT2D eigenvalue weighted by Crippen LogP contribution is 2.35. The fourth-order valence-corrected chi connectivity index (χ4v) is 3.26. The molecule has 3 heterocycles. The number of nitro groups is 1. The van der Waals surface area contributed by atoms with Gasteiger partial charge < -0.3 is 5.21 Å². The second kappa shape index (κ2) is 7.28. The van der Waals surface area contributed by atoms with Crippen molar-refractivity contribution in [1.82, 2.24) is 14.8 Å². The maximum absolute atomic E-state index is 12.9. The molecule has 0 fully saturated rings. The van der Waals surface area contributed by atoms with Gasteiger partial charge in [0.1, 0.15) is 16.2 Å². The van der Waals surface area contributed by atoms with Crippen molar-refractivity contribution in [3.63, 3.8) is 0 Å². The van der Waals surface area contributed by atoms with Gasteiger partial charge in [0.25, 0.3) is 11.2 Å². The van der Waals surface area contributed by atoms with E-state index < -0.39 is 4.92 Å². The second-order valence-corrected chi connectivity index (χ2v) is 6.55. The first-order valence-electron chi connectivity index (χ1n) is 8.42. The van der Waals surface area contributed by atoms with Crippen molar-refractivity contribution in [2.45, 2.75) is 6.54 Å². The highest BCUT2D eigenvalue weighted by molar-refractivity contribution is 6.35. The molecule has 144 valence electrons. The van der Waals surface area contributed by atoms with E-state index in [9.17, 15) is 20.1 Å². The molecule has 0 aliphatic carbocycles. The number of halogens is 1. The molecule has 0 atom stereocenters. The van der Waals surface area contributed by atoms with E-state index in [4.69, 9.17) is 11.6 Å². The predicted octanol–water partition coefficient (Wildman–Crippen LogP) is 2.70. The zero-order chi connectivity index (χ0) is 20.5. The van der Waals surface area contributed by atoms with Gasteiger partial charge in [-0.15, -0.1) is 0 Å². The molecule has 0 bridgehead atoms. The van der Waals surface area contributed by atoms with Crippen molar-refractivity contribution >= 4 is 28.2 Å². The van der Waals surface area contributed by atoms with Crippen LogP contribution in [0.5, 0.6) is 0 Å². The van der Waals surface area contributed by atoms with Crippen LogP contribution in [0, 0.1) is 15.3 Å². The van der Waals surface area contributed by atoms with Crippen LogP contribution in [-0.4, -0.2) is 19.7 Å². The van der Waals surface area contributed by atoms with E-state index in [0.29, 0.717) is 26.8 Å². The summed E-state index contributed by atoms with van der Waals surface area (Å²) in [6.45, 7) is 0.101. The lowest BCUT2D eigenvalue weighted by atomic mass is 10.1. The number of pyridine rings is 2. The lowest BCUT2D eigenvalue weighted by Gasteiger charge is -2.11. The smallest absolute Gasteiger partial charge is 0.288 e. The largest absolute Gasteiger partial charge is 0.619 e. The van der Waals surface area contributed by atoms with Crippen LogP contribution in [0.25, 0.3) is 22.2 Å². The summed E-state index contributed by atoms with van der Waals surface area (Å²) in [7, 11) is 0. The van der Waals surface area contributed by atoms with Crippen LogP contribution in [0.1, 0.15) is 5.56 Å². The van der Waals surface area contributed by atoms with Crippen molar-refractivity contribution in [3.05, 3.63) is 97.3 Å². The van der Waals surface area contributed by atoms with Gasteiger partial charge in [0.15, 0.2) is 12.4 Å². The molecule has 0 aliphatic heterocycles. The average molecular weight is 410 g/mol. The topological polar surface area (TPSA) is 118 Å². The molecular weight excluding hydrogens is 398 g/mol. The first kappa shape index (κ1) is 18.5. The van der Waals surface area contributed by atoms with Gasteiger partial charge in [-0.2, -0.15) is 9.83 Å². The SMILES string of the molecule is O=c1c2cccnc2c(-c2cccc([N+](=O)[O-])c2Cl)nn1Cc1cc[n+]([O-])cc1. The van der Waals surface area contributed by atoms with E-state index in [1.54, 1.807) is 30.3 Å². The summed E-state index contributed by atoms with van der Waals surface area (Å²) in [5.74, 6) is 0. The molecule has 0 saturated carbocycles. The van der Waals surface area contributed by atoms with Gasteiger partial charge in [-0.3, -0.25) is 19.9 Å². The zero-order valence-electron chi connectivity index (χ0n) is 14.7. The van der Waals surface area contributed by atoms with Crippen molar-refractivity contribution < 1.29 is 9.65 Å². The summed E-state index contributed by atoms with van der Waals surface area (Å²) in [5.41, 5.74) is 0.883. The van der Waals surface area contributed by atoms with Gasteiger partial charge in [0.05, 0.1) is 16.9 Å². The fraction of sp³-hybridized carbons (Fsp3) is 0.0526. The molecule has 29 heavy (non-hydrogen) atoms. The predicted molar refractivity (Wildman–Crippen MR) is 105 cm³/mol. The molecule has 0 radical (unpaired) electrons. The van der Waals surface area contributed by atoms with E-state index in [2.05, 4.69) is 10.1 Å². The number of hydrogen-bond donors (Lipinski definition) is 0. The summed E-state index contributed by atoms with van der Waals surface area (Å²) in [5, 5.41) is 27.1. The molecule has 0 amide bonds. The Morgan fingerprint density at radius 3 is 2.62 bits per heavy atom. The first-order valence-corrected chi connectivity index (χ1v) is 8.80. The number of rotatable bonds is 4. The van der Waals surface area contributed by atoms with Crippen LogP contribution in [0.4, 0.5) is 5.69 Å². The highest BCUT2D eigenvalue weighted by atomic mass is 35.5. The average Bonchev–Trinajstić information content (AvgIpc) is 2.72. The van der Waals surface area contributed by atoms with E-state index in [0.717, 1.165) is 0 Å². The van der Waals surface area contributed by atoms with Gasteiger partial charge in [-0.25, -0.2) is 4.68 Å². The van der Waals surface area contributed by atoms with E-state index in [-0.39, 0.29) is 28.5 Å². The summed E-state index contributed by atoms with van der Waals surface area (Å²) in [6, 6.07) is 10.8. The van der Waals surface area contributed by atoms with Gasteiger partial charge in [0, 0.05) is 30.0 Å². The molecule has 0 unspecified atom stereocenters.